The molecule has 1 heterocycles. The Labute approximate surface area is 153 Å². The molecule has 25 heavy (non-hydrogen) atoms. The fraction of sp³-hybridized carbons (Fsp3) is 0.500. The second-order valence-electron chi connectivity index (χ2n) is 6.50. The number of aliphatic carboxylic acids is 1. The largest absolute Gasteiger partial charge is 0.496 e. The molecule has 136 valence electrons. The van der Waals surface area contributed by atoms with Crippen molar-refractivity contribution in [3.63, 3.8) is 0 Å². The van der Waals surface area contributed by atoms with E-state index in [1.165, 1.54) is 22.5 Å². The average molecular weight is 362 g/mol. The highest BCUT2D eigenvalue weighted by atomic mass is 32.1. The monoisotopic (exact) mass is 361 g/mol. The van der Waals surface area contributed by atoms with Crippen LogP contribution in [0.25, 0.3) is 11.3 Å². The number of benzene rings is 1. The molecular formula is C20H27NO3S. The molecule has 5 heteroatoms. The van der Waals surface area contributed by atoms with E-state index >= 15 is 0 Å². The summed E-state index contributed by atoms with van der Waals surface area (Å²) in [5, 5.41) is 11.5. The number of carboxylic acid groups (broad SMARTS) is 1. The van der Waals surface area contributed by atoms with Crippen LogP contribution >= 0.6 is 11.3 Å². The van der Waals surface area contributed by atoms with Crippen LogP contribution in [-0.2, 0) is 11.2 Å². The topological polar surface area (TPSA) is 59.4 Å². The highest BCUT2D eigenvalue weighted by Gasteiger charge is 2.20. The number of rotatable bonds is 8. The lowest BCUT2D eigenvalue weighted by atomic mass is 9.87. The van der Waals surface area contributed by atoms with Crippen molar-refractivity contribution in [2.75, 3.05) is 7.11 Å². The number of hydrogen-bond donors (Lipinski definition) is 1. The van der Waals surface area contributed by atoms with Crippen molar-refractivity contribution in [3.8, 4) is 17.0 Å². The third-order valence-electron chi connectivity index (χ3n) is 4.79. The Kier molecular flexibility index (Phi) is 6.59. The molecule has 0 aliphatic heterocycles. The predicted molar refractivity (Wildman–Crippen MR) is 103 cm³/mol. The summed E-state index contributed by atoms with van der Waals surface area (Å²) in [6.45, 7) is 8.76. The van der Waals surface area contributed by atoms with E-state index in [4.69, 9.17) is 9.84 Å². The Morgan fingerprint density at radius 2 is 1.76 bits per heavy atom. The maximum Gasteiger partial charge on any atom is 0.310 e. The van der Waals surface area contributed by atoms with Gasteiger partial charge in [0.05, 0.1) is 19.2 Å². The van der Waals surface area contributed by atoms with Gasteiger partial charge in [0.2, 0.25) is 0 Å². The first-order valence-corrected chi connectivity index (χ1v) is 9.67. The van der Waals surface area contributed by atoms with Gasteiger partial charge in [0.15, 0.2) is 0 Å². The van der Waals surface area contributed by atoms with Crippen LogP contribution in [0.1, 0.15) is 68.5 Å². The van der Waals surface area contributed by atoms with Gasteiger partial charge in [-0.25, -0.2) is 4.98 Å². The number of carboxylic acids is 1. The van der Waals surface area contributed by atoms with Crippen molar-refractivity contribution < 1.29 is 14.6 Å². The SMILES string of the molecule is CCC(C)c1cc(-c2csc(CC(=O)O)n2)cc(C(C)CC)c1OC. The first-order chi connectivity index (χ1) is 11.9. The summed E-state index contributed by atoms with van der Waals surface area (Å²) in [7, 11) is 1.74. The maximum absolute atomic E-state index is 10.9. The second kappa shape index (κ2) is 8.48. The number of ether oxygens (including phenoxy) is 1. The molecule has 0 spiro atoms. The average Bonchev–Trinajstić information content (AvgIpc) is 3.06. The number of nitrogens with zero attached hydrogens (tertiary/aromatic N) is 1. The Morgan fingerprint density at radius 1 is 1.20 bits per heavy atom. The molecule has 0 amide bonds. The van der Waals surface area contributed by atoms with Crippen LogP contribution in [0.5, 0.6) is 5.75 Å². The third-order valence-corrected chi connectivity index (χ3v) is 5.64. The van der Waals surface area contributed by atoms with Gasteiger partial charge in [0, 0.05) is 10.9 Å². The van der Waals surface area contributed by atoms with Crippen LogP contribution in [0.2, 0.25) is 0 Å². The molecule has 0 saturated carbocycles. The van der Waals surface area contributed by atoms with Gasteiger partial charge in [-0.1, -0.05) is 27.7 Å². The zero-order chi connectivity index (χ0) is 18.6. The minimum absolute atomic E-state index is 0.0305. The second-order valence-corrected chi connectivity index (χ2v) is 7.45. The zero-order valence-corrected chi connectivity index (χ0v) is 16.4. The third kappa shape index (κ3) is 4.40. The van der Waals surface area contributed by atoms with Crippen molar-refractivity contribution in [1.29, 1.82) is 0 Å². The minimum atomic E-state index is -0.851. The predicted octanol–water partition coefficient (Wildman–Crippen LogP) is 5.47. The molecular weight excluding hydrogens is 334 g/mol. The fourth-order valence-corrected chi connectivity index (χ4v) is 3.68. The van der Waals surface area contributed by atoms with Crippen molar-refractivity contribution in [3.05, 3.63) is 33.6 Å². The number of carbonyl (C=O) groups is 1. The Hall–Kier alpha value is -1.88. The molecule has 0 saturated heterocycles. The quantitative estimate of drug-likeness (QED) is 0.677. The standard InChI is InChI=1S/C20H27NO3S/c1-6-12(3)15-8-14(9-16(13(4)7-2)20(15)24-5)17-11-25-18(21-17)10-19(22)23/h8-9,11-13H,6-7,10H2,1-5H3,(H,22,23). The molecule has 4 nitrogen and oxygen atoms in total. The van der Waals surface area contributed by atoms with Crippen LogP contribution in [0.15, 0.2) is 17.5 Å². The highest BCUT2D eigenvalue weighted by molar-refractivity contribution is 7.10. The number of aromatic nitrogens is 1. The van der Waals surface area contributed by atoms with Gasteiger partial charge in [-0.2, -0.15) is 0 Å². The van der Waals surface area contributed by atoms with Crippen LogP contribution in [-0.4, -0.2) is 23.2 Å². The molecule has 2 aromatic rings. The van der Waals surface area contributed by atoms with E-state index in [2.05, 4.69) is 44.8 Å². The van der Waals surface area contributed by atoms with E-state index in [1.807, 2.05) is 5.38 Å². The summed E-state index contributed by atoms with van der Waals surface area (Å²) in [6, 6.07) is 4.30. The van der Waals surface area contributed by atoms with E-state index < -0.39 is 5.97 Å². The minimum Gasteiger partial charge on any atom is -0.496 e. The Bertz CT molecular complexity index is 707. The van der Waals surface area contributed by atoms with Gasteiger partial charge in [0.1, 0.15) is 10.8 Å². The number of thiazole rings is 1. The normalized spacial score (nSPS) is 13.5. The molecule has 1 N–H and O–H groups in total. The van der Waals surface area contributed by atoms with Gasteiger partial charge < -0.3 is 9.84 Å². The molecule has 0 bridgehead atoms. The first kappa shape index (κ1) is 19.4. The van der Waals surface area contributed by atoms with Crippen LogP contribution in [0.3, 0.4) is 0 Å². The molecule has 1 aromatic heterocycles. The van der Waals surface area contributed by atoms with Gasteiger partial charge in [0.25, 0.3) is 0 Å². The van der Waals surface area contributed by atoms with Crippen molar-refractivity contribution >= 4 is 17.3 Å². The van der Waals surface area contributed by atoms with E-state index in [9.17, 15) is 4.79 Å². The summed E-state index contributed by atoms with van der Waals surface area (Å²) in [6.07, 6.45) is 2.03. The summed E-state index contributed by atoms with van der Waals surface area (Å²) in [5.41, 5.74) is 4.29. The first-order valence-electron chi connectivity index (χ1n) is 8.79. The van der Waals surface area contributed by atoms with Crippen LogP contribution in [0, 0.1) is 0 Å². The van der Waals surface area contributed by atoms with E-state index in [-0.39, 0.29) is 6.42 Å². The van der Waals surface area contributed by atoms with E-state index in [0.29, 0.717) is 16.8 Å². The van der Waals surface area contributed by atoms with Crippen molar-refractivity contribution in [2.45, 2.75) is 58.8 Å². The number of hydrogen-bond acceptors (Lipinski definition) is 4. The summed E-state index contributed by atoms with van der Waals surface area (Å²) >= 11 is 1.40. The fourth-order valence-electron chi connectivity index (χ4n) is 2.88. The molecule has 0 fully saturated rings. The van der Waals surface area contributed by atoms with Gasteiger partial charge in [-0.05, 0) is 47.9 Å². The summed E-state index contributed by atoms with van der Waals surface area (Å²) in [4.78, 5) is 15.4. The van der Waals surface area contributed by atoms with E-state index in [1.54, 1.807) is 7.11 Å². The summed E-state index contributed by atoms with van der Waals surface area (Å²) < 4.78 is 5.78. The van der Waals surface area contributed by atoms with Gasteiger partial charge >= 0.3 is 5.97 Å². The smallest absolute Gasteiger partial charge is 0.310 e. The molecule has 0 aliphatic carbocycles. The van der Waals surface area contributed by atoms with Crippen LogP contribution in [0.4, 0.5) is 0 Å². The Balaban J connectivity index is 2.57. The van der Waals surface area contributed by atoms with Crippen LogP contribution < -0.4 is 4.74 Å². The van der Waals surface area contributed by atoms with Crippen molar-refractivity contribution in [2.24, 2.45) is 0 Å². The summed E-state index contributed by atoms with van der Waals surface area (Å²) in [5.74, 6) is 0.898. The van der Waals surface area contributed by atoms with Gasteiger partial charge in [-0.15, -0.1) is 11.3 Å². The molecule has 2 rings (SSSR count). The van der Waals surface area contributed by atoms with E-state index in [0.717, 1.165) is 29.8 Å². The molecule has 0 aliphatic rings. The maximum atomic E-state index is 10.9. The number of methoxy groups -OCH3 is 1. The Morgan fingerprint density at radius 3 is 2.20 bits per heavy atom. The molecule has 0 radical (unpaired) electrons. The molecule has 2 atom stereocenters. The molecule has 1 aromatic carbocycles. The zero-order valence-electron chi connectivity index (χ0n) is 15.6. The lowest BCUT2D eigenvalue weighted by Crippen LogP contribution is -2.04. The lowest BCUT2D eigenvalue weighted by Gasteiger charge is -2.22. The van der Waals surface area contributed by atoms with Gasteiger partial charge in [-0.3, -0.25) is 4.79 Å². The lowest BCUT2D eigenvalue weighted by molar-refractivity contribution is -0.136. The molecule has 2 unspecified atom stereocenters. The highest BCUT2D eigenvalue weighted by Crippen LogP contribution is 2.40. The van der Waals surface area contributed by atoms with Crippen molar-refractivity contribution in [1.82, 2.24) is 4.98 Å².